The summed E-state index contributed by atoms with van der Waals surface area (Å²) in [5, 5.41) is 9.47. The molecule has 12 heteroatoms. The smallest absolute Gasteiger partial charge is 0.152 e. The molecular formula is C21H20I6O6. The number of aldehydes is 2. The van der Waals surface area contributed by atoms with Crippen LogP contribution in [0.3, 0.4) is 0 Å². The number of hydrogen-bond donors (Lipinski definition) is 1. The average molecular weight is 1130 g/mol. The van der Waals surface area contributed by atoms with Gasteiger partial charge in [0.25, 0.3) is 0 Å². The predicted octanol–water partition coefficient (Wildman–Crippen LogP) is 7.15. The zero-order valence-corrected chi connectivity index (χ0v) is 30.3. The molecule has 33 heavy (non-hydrogen) atoms. The second-order valence-corrected chi connectivity index (χ2v) is 12.9. The zero-order chi connectivity index (χ0) is 25.0. The van der Waals surface area contributed by atoms with Crippen LogP contribution in [0.15, 0.2) is 12.1 Å². The molecule has 2 aromatic carbocycles. The van der Waals surface area contributed by atoms with Crippen LogP contribution in [-0.4, -0.2) is 50.7 Å². The second kappa shape index (κ2) is 18.0. The summed E-state index contributed by atoms with van der Waals surface area (Å²) in [6, 6.07) is 3.73. The van der Waals surface area contributed by atoms with Crippen molar-refractivity contribution in [3.63, 3.8) is 0 Å². The molecule has 0 unspecified atom stereocenters. The summed E-state index contributed by atoms with van der Waals surface area (Å²) in [6.45, 7) is 4.99. The van der Waals surface area contributed by atoms with Gasteiger partial charge in [0.05, 0.1) is 34.1 Å². The van der Waals surface area contributed by atoms with Crippen molar-refractivity contribution in [2.75, 3.05) is 33.0 Å². The lowest BCUT2D eigenvalue weighted by Crippen LogP contribution is -2.12. The molecule has 0 atom stereocenters. The summed E-state index contributed by atoms with van der Waals surface area (Å²) in [7, 11) is 0. The van der Waals surface area contributed by atoms with E-state index in [0.29, 0.717) is 41.1 Å². The normalized spacial score (nSPS) is 10.4. The molecule has 0 aliphatic heterocycles. The highest BCUT2D eigenvalue weighted by Gasteiger charge is 2.15. The van der Waals surface area contributed by atoms with Crippen LogP contribution in [0.2, 0.25) is 0 Å². The Morgan fingerprint density at radius 3 is 1.76 bits per heavy atom. The first kappa shape index (κ1) is 32.7. The van der Waals surface area contributed by atoms with Gasteiger partial charge < -0.3 is 19.3 Å². The topological polar surface area (TPSA) is 82.1 Å². The van der Waals surface area contributed by atoms with E-state index in [1.165, 1.54) is 0 Å². The number of phenols is 1. The molecular weight excluding hydrogens is 1110 g/mol. The fourth-order valence-corrected chi connectivity index (χ4v) is 9.76. The van der Waals surface area contributed by atoms with Gasteiger partial charge in [-0.1, -0.05) is 6.92 Å². The van der Waals surface area contributed by atoms with Crippen molar-refractivity contribution in [1.82, 2.24) is 0 Å². The Hall–Kier alpha value is 1.68. The molecule has 6 nitrogen and oxygen atoms in total. The van der Waals surface area contributed by atoms with Crippen LogP contribution in [0, 0.1) is 21.4 Å². The fraction of sp³-hybridized carbons (Fsp3) is 0.333. The van der Waals surface area contributed by atoms with Gasteiger partial charge in [0, 0.05) is 24.9 Å². The third-order valence-corrected chi connectivity index (χ3v) is 9.35. The number of carbonyl (C=O) groups is 2. The molecule has 0 bridgehead atoms. The van der Waals surface area contributed by atoms with Crippen LogP contribution >= 0.6 is 136 Å². The summed E-state index contributed by atoms with van der Waals surface area (Å²) < 4.78 is 21.6. The summed E-state index contributed by atoms with van der Waals surface area (Å²) in [6.07, 6.45) is 2.65. The molecule has 2 aromatic rings. The van der Waals surface area contributed by atoms with Crippen LogP contribution in [0.1, 0.15) is 34.1 Å². The van der Waals surface area contributed by atoms with E-state index in [2.05, 4.69) is 97.3 Å². The first-order valence-electron chi connectivity index (χ1n) is 9.42. The van der Waals surface area contributed by atoms with Crippen molar-refractivity contribution >= 4 is 148 Å². The molecule has 0 saturated heterocycles. The highest BCUT2D eigenvalue weighted by Crippen LogP contribution is 2.33. The minimum Gasteiger partial charge on any atom is -0.506 e. The third-order valence-electron chi connectivity index (χ3n) is 3.78. The lowest BCUT2D eigenvalue weighted by Gasteiger charge is -2.13. The quantitative estimate of drug-likeness (QED) is 0.146. The van der Waals surface area contributed by atoms with Gasteiger partial charge in [-0.15, -0.1) is 0 Å². The monoisotopic (exact) mass is 1130 g/mol. The second-order valence-electron chi connectivity index (χ2n) is 6.12. The Kier molecular flexibility index (Phi) is 17.9. The van der Waals surface area contributed by atoms with E-state index in [1.54, 1.807) is 6.07 Å². The Labute approximate surface area is 275 Å². The maximum Gasteiger partial charge on any atom is 0.152 e. The van der Waals surface area contributed by atoms with Gasteiger partial charge >= 0.3 is 0 Å². The minimum atomic E-state index is 0.193. The number of carbonyl (C=O) groups excluding carboxylic acids is 2. The molecule has 0 heterocycles. The van der Waals surface area contributed by atoms with E-state index in [9.17, 15) is 14.7 Å². The first-order valence-corrected chi connectivity index (χ1v) is 15.9. The lowest BCUT2D eigenvalue weighted by atomic mass is 10.2. The van der Waals surface area contributed by atoms with Crippen LogP contribution in [0.25, 0.3) is 0 Å². The van der Waals surface area contributed by atoms with Crippen molar-refractivity contribution in [1.29, 1.82) is 0 Å². The standard InChI is InChI=1S/C14H17I3O4.C7H3I3O2/c1-2-3-19-4-5-20-6-7-21-14-12(16)8-11(15)10(9-18)13(14)17;8-4-1-5(9)7(12)6(10)3(4)2-11/h8-9H,2-7H2,1H3;1-2,12H. The van der Waals surface area contributed by atoms with E-state index < -0.39 is 0 Å². The first-order chi connectivity index (χ1) is 15.7. The van der Waals surface area contributed by atoms with Gasteiger partial charge in [0.15, 0.2) is 12.6 Å². The van der Waals surface area contributed by atoms with Crippen LogP contribution in [0.4, 0.5) is 0 Å². The van der Waals surface area contributed by atoms with Gasteiger partial charge in [-0.3, -0.25) is 9.59 Å². The maximum absolute atomic E-state index is 11.1. The average Bonchev–Trinajstić information content (AvgIpc) is 2.77. The van der Waals surface area contributed by atoms with E-state index in [1.807, 2.05) is 51.2 Å². The van der Waals surface area contributed by atoms with Gasteiger partial charge in [0.2, 0.25) is 0 Å². The number of rotatable bonds is 11. The largest absolute Gasteiger partial charge is 0.506 e. The molecule has 1 N–H and O–H groups in total. The summed E-state index contributed by atoms with van der Waals surface area (Å²) >= 11 is 12.6. The van der Waals surface area contributed by atoms with E-state index in [4.69, 9.17) is 14.2 Å². The van der Waals surface area contributed by atoms with Gasteiger partial charge in [-0.2, -0.15) is 0 Å². The minimum absolute atomic E-state index is 0.193. The molecule has 2 rings (SSSR count). The highest BCUT2D eigenvalue weighted by atomic mass is 127. The van der Waals surface area contributed by atoms with Crippen molar-refractivity contribution < 1.29 is 28.9 Å². The molecule has 0 saturated carbocycles. The number of hydrogen-bond acceptors (Lipinski definition) is 6. The van der Waals surface area contributed by atoms with Crippen LogP contribution in [-0.2, 0) is 9.47 Å². The van der Waals surface area contributed by atoms with Gasteiger partial charge in [-0.05, 0) is 154 Å². The van der Waals surface area contributed by atoms with E-state index in [-0.39, 0.29) is 5.75 Å². The number of halogens is 6. The maximum atomic E-state index is 11.1. The van der Waals surface area contributed by atoms with Crippen molar-refractivity contribution in [3.05, 3.63) is 44.7 Å². The number of phenolic OH excluding ortho intramolecular Hbond substituents is 1. The Morgan fingerprint density at radius 2 is 1.21 bits per heavy atom. The van der Waals surface area contributed by atoms with Crippen LogP contribution in [0.5, 0.6) is 11.5 Å². The summed E-state index contributed by atoms with van der Waals surface area (Å²) in [4.78, 5) is 21.7. The van der Waals surface area contributed by atoms with E-state index >= 15 is 0 Å². The molecule has 182 valence electrons. The SMILES string of the molecule is CCCOCCOCCOc1c(I)cc(I)c(C=O)c1I.O=Cc1c(I)cc(I)c(O)c1I. The Bertz CT molecular complexity index is 954. The van der Waals surface area contributed by atoms with Crippen molar-refractivity contribution in [2.24, 2.45) is 0 Å². The molecule has 0 aliphatic rings. The lowest BCUT2D eigenvalue weighted by molar-refractivity contribution is 0.0364. The molecule has 0 aliphatic carbocycles. The summed E-state index contributed by atoms with van der Waals surface area (Å²) in [5.74, 6) is 0.947. The summed E-state index contributed by atoms with van der Waals surface area (Å²) in [5.41, 5.74) is 1.25. The predicted molar refractivity (Wildman–Crippen MR) is 179 cm³/mol. The Morgan fingerprint density at radius 1 is 0.727 bits per heavy atom. The van der Waals surface area contributed by atoms with Crippen molar-refractivity contribution in [3.8, 4) is 11.5 Å². The molecule has 0 amide bonds. The number of ether oxygens (including phenoxy) is 3. The third kappa shape index (κ3) is 10.9. The highest BCUT2D eigenvalue weighted by molar-refractivity contribution is 14.1. The molecule has 0 radical (unpaired) electrons. The zero-order valence-electron chi connectivity index (χ0n) is 17.3. The number of aromatic hydroxyl groups is 1. The molecule has 0 spiro atoms. The van der Waals surface area contributed by atoms with Gasteiger partial charge in [-0.25, -0.2) is 0 Å². The molecule has 0 fully saturated rings. The van der Waals surface area contributed by atoms with E-state index in [0.717, 1.165) is 49.2 Å². The molecule has 0 aromatic heterocycles. The Balaban J connectivity index is 0.000000383. The van der Waals surface area contributed by atoms with Crippen molar-refractivity contribution in [2.45, 2.75) is 13.3 Å². The number of benzene rings is 2. The van der Waals surface area contributed by atoms with Crippen LogP contribution < -0.4 is 4.74 Å². The fourth-order valence-electron chi connectivity index (χ4n) is 2.20. The van der Waals surface area contributed by atoms with Gasteiger partial charge in [0.1, 0.15) is 18.1 Å².